The Morgan fingerprint density at radius 2 is 2.08 bits per heavy atom. The van der Waals surface area contributed by atoms with E-state index in [0.29, 0.717) is 31.1 Å². The van der Waals surface area contributed by atoms with Crippen molar-refractivity contribution in [2.75, 3.05) is 12.4 Å². The molecule has 5 fully saturated rings. The summed E-state index contributed by atoms with van der Waals surface area (Å²) in [7, 11) is 3.92. The maximum atomic E-state index is 13.2. The molecule has 4 heterocycles. The second-order valence-corrected chi connectivity index (χ2v) is 15.6. The smallest absolute Gasteiger partial charge is 0.334 e. The zero-order valence-corrected chi connectivity index (χ0v) is 23.6. The molecular formula is C28H38O7S2. The van der Waals surface area contributed by atoms with Gasteiger partial charge in [0.25, 0.3) is 0 Å². The Morgan fingerprint density at radius 3 is 2.84 bits per heavy atom. The minimum atomic E-state index is -1.21. The van der Waals surface area contributed by atoms with Crippen molar-refractivity contribution in [1.82, 2.24) is 0 Å². The maximum Gasteiger partial charge on any atom is 0.334 e. The number of cyclic esters (lactones) is 1. The lowest BCUT2D eigenvalue weighted by molar-refractivity contribution is -0.206. The van der Waals surface area contributed by atoms with E-state index in [1.54, 1.807) is 0 Å². The first-order valence-electron chi connectivity index (χ1n) is 14.1. The first kappa shape index (κ1) is 25.2. The van der Waals surface area contributed by atoms with E-state index >= 15 is 0 Å². The summed E-state index contributed by atoms with van der Waals surface area (Å²) in [6, 6.07) is 0. The number of carbonyl (C=O) groups excluding carboxylic acids is 2. The molecule has 0 radical (unpaired) electrons. The van der Waals surface area contributed by atoms with Gasteiger partial charge in [-0.1, -0.05) is 48.8 Å². The van der Waals surface area contributed by atoms with Crippen LogP contribution in [0.4, 0.5) is 0 Å². The molecule has 0 aromatic carbocycles. The van der Waals surface area contributed by atoms with Crippen LogP contribution < -0.4 is 0 Å². The predicted molar refractivity (Wildman–Crippen MR) is 140 cm³/mol. The third kappa shape index (κ3) is 3.27. The van der Waals surface area contributed by atoms with E-state index in [9.17, 15) is 14.7 Å². The molecule has 3 aliphatic carbocycles. The SMILES string of the molecule is CC(C)C1(O)CC2OC23C2(C)CCC4=C(COC4=O)C2CC2OC23C1OC(=O)CCCCC1CCSS1. The number of unbranched alkanes of at least 4 members (excludes halogenated alkanes) is 1. The summed E-state index contributed by atoms with van der Waals surface area (Å²) < 4.78 is 24.9. The number of hydrogen-bond donors (Lipinski definition) is 1. The summed E-state index contributed by atoms with van der Waals surface area (Å²) in [4.78, 5) is 25.6. The summed E-state index contributed by atoms with van der Waals surface area (Å²) in [6.45, 7) is 6.62. The van der Waals surface area contributed by atoms with Gasteiger partial charge in [0.2, 0.25) is 0 Å². The van der Waals surface area contributed by atoms with Crippen LogP contribution in [0, 0.1) is 17.3 Å². The van der Waals surface area contributed by atoms with Crippen LogP contribution in [0.3, 0.4) is 0 Å². The molecule has 9 heteroatoms. The normalized spacial score (nSPS) is 49.0. The van der Waals surface area contributed by atoms with Gasteiger partial charge in [-0.15, -0.1) is 0 Å². The van der Waals surface area contributed by atoms with Crippen molar-refractivity contribution in [2.45, 2.75) is 119 Å². The number of ether oxygens (including phenoxy) is 4. The maximum absolute atomic E-state index is 13.2. The molecule has 0 amide bonds. The third-order valence-electron chi connectivity index (χ3n) is 10.9. The van der Waals surface area contributed by atoms with Gasteiger partial charge in [0.05, 0.1) is 12.2 Å². The zero-order valence-electron chi connectivity index (χ0n) is 22.0. The number of aliphatic hydroxyl groups is 1. The molecule has 3 saturated heterocycles. The number of fused-ring (bicyclic) bond motifs is 2. The van der Waals surface area contributed by atoms with E-state index in [0.717, 1.165) is 43.3 Å². The van der Waals surface area contributed by atoms with Crippen LogP contribution in [-0.2, 0) is 28.5 Å². The summed E-state index contributed by atoms with van der Waals surface area (Å²) in [5.41, 5.74) is -0.949. The Labute approximate surface area is 226 Å². The summed E-state index contributed by atoms with van der Waals surface area (Å²) in [5, 5.41) is 12.8. The van der Waals surface area contributed by atoms with Crippen molar-refractivity contribution in [3.8, 4) is 0 Å². The van der Waals surface area contributed by atoms with Crippen LogP contribution in [0.2, 0.25) is 0 Å². The molecule has 204 valence electrons. The van der Waals surface area contributed by atoms with E-state index in [2.05, 4.69) is 6.92 Å². The fourth-order valence-electron chi connectivity index (χ4n) is 8.77. The van der Waals surface area contributed by atoms with Gasteiger partial charge in [-0.2, -0.15) is 0 Å². The topological polar surface area (TPSA) is 97.9 Å². The molecule has 2 saturated carbocycles. The van der Waals surface area contributed by atoms with E-state index in [1.807, 2.05) is 35.4 Å². The number of epoxide rings is 2. The van der Waals surface area contributed by atoms with Crippen LogP contribution >= 0.6 is 21.6 Å². The molecule has 7 rings (SSSR count). The van der Waals surface area contributed by atoms with Crippen molar-refractivity contribution in [1.29, 1.82) is 0 Å². The minimum absolute atomic E-state index is 0.115. The highest BCUT2D eigenvalue weighted by Crippen LogP contribution is 2.80. The standard InChI is InChI=1S/C28H38O7S2/c1-15(2)26(31)13-21-28(35-21)25(3)10-8-17-18(14-32-23(17)30)19(25)12-20-27(28,34-20)24(26)33-22(29)7-5-4-6-16-9-11-36-37-16/h15-16,19-21,24,31H,4-14H2,1-3H3. The summed E-state index contributed by atoms with van der Waals surface area (Å²) in [5.74, 6) is 0.831. The summed E-state index contributed by atoms with van der Waals surface area (Å²) in [6.07, 6.45) is 6.17. The highest BCUT2D eigenvalue weighted by molar-refractivity contribution is 8.77. The zero-order chi connectivity index (χ0) is 25.8. The van der Waals surface area contributed by atoms with Crippen LogP contribution in [0.1, 0.15) is 78.6 Å². The highest BCUT2D eigenvalue weighted by Gasteiger charge is 2.95. The molecule has 9 atom stereocenters. The number of carbonyl (C=O) groups is 2. The number of rotatable bonds is 7. The van der Waals surface area contributed by atoms with Crippen molar-refractivity contribution >= 4 is 33.5 Å². The second kappa shape index (κ2) is 8.38. The van der Waals surface area contributed by atoms with E-state index < -0.39 is 22.9 Å². The fraction of sp³-hybridized carbons (Fsp3) is 0.857. The van der Waals surface area contributed by atoms with Crippen LogP contribution in [0.15, 0.2) is 11.1 Å². The molecule has 7 aliphatic rings. The molecule has 0 aromatic heterocycles. The van der Waals surface area contributed by atoms with Gasteiger partial charge in [-0.05, 0) is 55.9 Å². The quantitative estimate of drug-likeness (QED) is 0.215. The average molecular weight is 551 g/mol. The van der Waals surface area contributed by atoms with Crippen molar-refractivity contribution in [2.24, 2.45) is 17.3 Å². The predicted octanol–water partition coefficient (Wildman–Crippen LogP) is 4.35. The van der Waals surface area contributed by atoms with E-state index in [4.69, 9.17) is 18.9 Å². The van der Waals surface area contributed by atoms with Crippen LogP contribution in [0.5, 0.6) is 0 Å². The molecule has 9 unspecified atom stereocenters. The molecule has 0 bridgehead atoms. The van der Waals surface area contributed by atoms with Crippen LogP contribution in [-0.4, -0.2) is 69.8 Å². The monoisotopic (exact) mass is 550 g/mol. The molecule has 7 nitrogen and oxygen atoms in total. The van der Waals surface area contributed by atoms with Gasteiger partial charge < -0.3 is 24.1 Å². The Hall–Kier alpha value is -0.740. The Kier molecular flexibility index (Phi) is 5.72. The lowest BCUT2D eigenvalue weighted by Gasteiger charge is -2.56. The van der Waals surface area contributed by atoms with Crippen molar-refractivity contribution in [3.05, 3.63) is 11.1 Å². The molecule has 2 spiro atoms. The Balaban J connectivity index is 1.14. The van der Waals surface area contributed by atoms with Crippen LogP contribution in [0.25, 0.3) is 0 Å². The molecule has 0 aromatic rings. The highest BCUT2D eigenvalue weighted by atomic mass is 33.1. The second-order valence-electron chi connectivity index (χ2n) is 12.8. The summed E-state index contributed by atoms with van der Waals surface area (Å²) >= 11 is 0. The molecule has 37 heavy (non-hydrogen) atoms. The average Bonchev–Trinajstić information content (AvgIpc) is 3.63. The number of hydrogen-bond acceptors (Lipinski definition) is 9. The lowest BCUT2D eigenvalue weighted by atomic mass is 9.46. The minimum Gasteiger partial charge on any atom is -0.458 e. The van der Waals surface area contributed by atoms with E-state index in [-0.39, 0.29) is 41.4 Å². The van der Waals surface area contributed by atoms with Gasteiger partial charge in [0.1, 0.15) is 17.8 Å². The van der Waals surface area contributed by atoms with Crippen molar-refractivity contribution in [3.63, 3.8) is 0 Å². The first-order chi connectivity index (χ1) is 17.7. The van der Waals surface area contributed by atoms with Crippen molar-refractivity contribution < 1.29 is 33.6 Å². The first-order valence-corrected chi connectivity index (χ1v) is 16.5. The largest absolute Gasteiger partial charge is 0.458 e. The molecule has 1 N–H and O–H groups in total. The molecular weight excluding hydrogens is 512 g/mol. The van der Waals surface area contributed by atoms with Gasteiger partial charge in [-0.3, -0.25) is 4.79 Å². The van der Waals surface area contributed by atoms with Gasteiger partial charge in [0.15, 0.2) is 11.7 Å². The van der Waals surface area contributed by atoms with Gasteiger partial charge in [-0.25, -0.2) is 4.79 Å². The van der Waals surface area contributed by atoms with Gasteiger partial charge >= 0.3 is 11.9 Å². The van der Waals surface area contributed by atoms with E-state index in [1.165, 1.54) is 12.2 Å². The lowest BCUT2D eigenvalue weighted by Crippen LogP contribution is -2.72. The van der Waals surface area contributed by atoms with Gasteiger partial charge in [0, 0.05) is 34.8 Å². The Morgan fingerprint density at radius 1 is 1.24 bits per heavy atom. The Bertz CT molecular complexity index is 1060. The fourth-order valence-corrected chi connectivity index (χ4v) is 11.8. The third-order valence-corrected chi connectivity index (χ3v) is 13.9. The molecule has 4 aliphatic heterocycles. The number of esters is 2.